The molecule has 0 radical (unpaired) electrons. The minimum absolute atomic E-state index is 0.0672. The molecule has 5 rings (SSSR count). The second-order valence-corrected chi connectivity index (χ2v) is 10.6. The highest BCUT2D eigenvalue weighted by Gasteiger charge is 2.43. The summed E-state index contributed by atoms with van der Waals surface area (Å²) >= 11 is 1.09. The van der Waals surface area contributed by atoms with Crippen LogP contribution in [-0.4, -0.2) is 63.9 Å². The van der Waals surface area contributed by atoms with Crippen molar-refractivity contribution in [1.29, 1.82) is 0 Å². The number of benzene rings is 1. The van der Waals surface area contributed by atoms with Gasteiger partial charge < -0.3 is 10.6 Å². The summed E-state index contributed by atoms with van der Waals surface area (Å²) in [5, 5.41) is 4.73. The number of primary amides is 1. The second kappa shape index (κ2) is 9.00. The molecule has 2 saturated heterocycles. The maximum atomic E-state index is 13.2. The molecule has 1 aromatic carbocycles. The molecule has 0 aliphatic carbocycles. The average molecular weight is 520 g/mol. The predicted molar refractivity (Wildman–Crippen MR) is 126 cm³/mol. The minimum Gasteiger partial charge on any atom is -0.364 e. The Bertz CT molecular complexity index is 1330. The van der Waals surface area contributed by atoms with Crippen molar-refractivity contribution >= 4 is 39.5 Å². The van der Waals surface area contributed by atoms with Crippen LogP contribution < -0.4 is 5.73 Å². The molecular formula is C24H24F3N5O3S. The average Bonchev–Trinajstić information content (AvgIpc) is 3.58. The SMILES string of the molecule is NC(=O)c1ccn(C(C=O)N2CCC3(CCN(C(=O)c4cc5ccc(C(F)(F)F)cc5s4)C3)CC2)n1. The highest BCUT2D eigenvalue weighted by atomic mass is 32.1. The first kappa shape index (κ1) is 24.4. The van der Waals surface area contributed by atoms with Gasteiger partial charge in [-0.05, 0) is 54.3 Å². The van der Waals surface area contributed by atoms with Crippen LogP contribution in [0.3, 0.4) is 0 Å². The van der Waals surface area contributed by atoms with E-state index in [1.165, 1.54) is 16.8 Å². The van der Waals surface area contributed by atoms with Crippen LogP contribution in [0, 0.1) is 5.41 Å². The molecular weight excluding hydrogens is 495 g/mol. The Balaban J connectivity index is 1.24. The molecule has 2 fully saturated rings. The molecule has 190 valence electrons. The third kappa shape index (κ3) is 4.50. The maximum Gasteiger partial charge on any atom is 0.416 e. The van der Waals surface area contributed by atoms with Crippen LogP contribution >= 0.6 is 11.3 Å². The van der Waals surface area contributed by atoms with Gasteiger partial charge in [0.1, 0.15) is 5.69 Å². The number of nitrogens with zero attached hydrogens (tertiary/aromatic N) is 4. The number of amides is 2. The van der Waals surface area contributed by atoms with Crippen molar-refractivity contribution in [1.82, 2.24) is 19.6 Å². The number of likely N-dealkylation sites (tertiary alicyclic amines) is 2. The number of fused-ring (bicyclic) bond motifs is 1. The summed E-state index contributed by atoms with van der Waals surface area (Å²) in [6, 6.07) is 6.67. The first-order valence-corrected chi connectivity index (χ1v) is 12.3. The van der Waals surface area contributed by atoms with Gasteiger partial charge in [-0.25, -0.2) is 4.68 Å². The Hall–Kier alpha value is -3.25. The van der Waals surface area contributed by atoms with Gasteiger partial charge in [0.15, 0.2) is 12.5 Å². The number of carbonyl (C=O) groups excluding carboxylic acids is 3. The summed E-state index contributed by atoms with van der Waals surface area (Å²) in [5.41, 5.74) is 4.56. The van der Waals surface area contributed by atoms with E-state index in [2.05, 4.69) is 5.10 Å². The third-order valence-electron chi connectivity index (χ3n) is 7.27. The normalized spacial score (nSPS) is 19.1. The van der Waals surface area contributed by atoms with E-state index >= 15 is 0 Å². The van der Waals surface area contributed by atoms with E-state index < -0.39 is 23.8 Å². The molecule has 4 heterocycles. The Morgan fingerprint density at radius 3 is 2.47 bits per heavy atom. The molecule has 1 unspecified atom stereocenters. The number of piperidine rings is 1. The van der Waals surface area contributed by atoms with Crippen LogP contribution in [0.5, 0.6) is 0 Å². The molecule has 8 nitrogen and oxygen atoms in total. The van der Waals surface area contributed by atoms with Crippen LogP contribution in [0.2, 0.25) is 0 Å². The van der Waals surface area contributed by atoms with Crippen molar-refractivity contribution in [2.24, 2.45) is 11.1 Å². The zero-order chi connectivity index (χ0) is 25.7. The molecule has 0 saturated carbocycles. The zero-order valence-corrected chi connectivity index (χ0v) is 20.0. The van der Waals surface area contributed by atoms with Gasteiger partial charge in [-0.2, -0.15) is 18.3 Å². The monoisotopic (exact) mass is 519 g/mol. The summed E-state index contributed by atoms with van der Waals surface area (Å²) in [7, 11) is 0. The van der Waals surface area contributed by atoms with Gasteiger partial charge in [0.05, 0.1) is 10.4 Å². The number of alkyl halides is 3. The topological polar surface area (TPSA) is 102 Å². The molecule has 12 heteroatoms. The first-order valence-electron chi connectivity index (χ1n) is 11.5. The van der Waals surface area contributed by atoms with Gasteiger partial charge in [0.2, 0.25) is 0 Å². The summed E-state index contributed by atoms with van der Waals surface area (Å²) < 4.78 is 41.0. The third-order valence-corrected chi connectivity index (χ3v) is 8.36. The van der Waals surface area contributed by atoms with Crippen LogP contribution in [0.25, 0.3) is 10.1 Å². The van der Waals surface area contributed by atoms with Gasteiger partial charge in [-0.3, -0.25) is 19.3 Å². The number of carbonyl (C=O) groups is 3. The van der Waals surface area contributed by atoms with Crippen molar-refractivity contribution < 1.29 is 27.6 Å². The van der Waals surface area contributed by atoms with E-state index in [-0.39, 0.29) is 17.0 Å². The lowest BCUT2D eigenvalue weighted by Gasteiger charge is -2.41. The van der Waals surface area contributed by atoms with E-state index in [4.69, 9.17) is 5.73 Å². The van der Waals surface area contributed by atoms with Crippen molar-refractivity contribution in [3.8, 4) is 0 Å². The maximum absolute atomic E-state index is 13.2. The summed E-state index contributed by atoms with van der Waals surface area (Å²) in [5.74, 6) is -0.823. The minimum atomic E-state index is -4.43. The Morgan fingerprint density at radius 1 is 1.11 bits per heavy atom. The lowest BCUT2D eigenvalue weighted by atomic mass is 9.77. The van der Waals surface area contributed by atoms with Crippen LogP contribution in [-0.2, 0) is 11.0 Å². The standard InChI is InChI=1S/C24H24F3N5O3S/c25-24(26,27)16-2-1-15-11-19(36-18(15)12-16)22(35)31-10-6-23(14-31)4-8-30(9-5-23)20(13-33)32-7-3-17(29-32)21(28)34/h1-3,7,11-13,20H,4-6,8-10,14H2,(H2,28,34). The first-order chi connectivity index (χ1) is 17.1. The van der Waals surface area contributed by atoms with Crippen molar-refractivity contribution in [2.45, 2.75) is 31.6 Å². The van der Waals surface area contributed by atoms with E-state index in [1.807, 2.05) is 4.90 Å². The highest BCUT2D eigenvalue weighted by molar-refractivity contribution is 7.20. The lowest BCUT2D eigenvalue weighted by Crippen LogP contribution is -2.45. The molecule has 0 bridgehead atoms. The van der Waals surface area contributed by atoms with Crippen LogP contribution in [0.1, 0.15) is 51.2 Å². The second-order valence-electron chi connectivity index (χ2n) is 9.47. The van der Waals surface area contributed by atoms with Crippen molar-refractivity contribution in [3.63, 3.8) is 0 Å². The fraction of sp³-hybridized carbons (Fsp3) is 0.417. The molecule has 1 atom stereocenters. The summed E-state index contributed by atoms with van der Waals surface area (Å²) in [6.45, 7) is 2.40. The molecule has 1 spiro atoms. The quantitative estimate of drug-likeness (QED) is 0.520. The number of aromatic nitrogens is 2. The molecule has 2 aliphatic rings. The van der Waals surface area contributed by atoms with Gasteiger partial charge in [-0.1, -0.05) is 6.07 Å². The number of halogens is 3. The zero-order valence-electron chi connectivity index (χ0n) is 19.2. The number of hydrogen-bond donors (Lipinski definition) is 1. The highest BCUT2D eigenvalue weighted by Crippen LogP contribution is 2.42. The van der Waals surface area contributed by atoms with Crippen LogP contribution in [0.4, 0.5) is 13.2 Å². The fourth-order valence-electron chi connectivity index (χ4n) is 5.18. The van der Waals surface area contributed by atoms with E-state index in [0.717, 1.165) is 49.0 Å². The molecule has 2 aromatic heterocycles. The smallest absolute Gasteiger partial charge is 0.364 e. The molecule has 2 N–H and O–H groups in total. The molecule has 2 amide bonds. The number of rotatable bonds is 5. The largest absolute Gasteiger partial charge is 0.416 e. The van der Waals surface area contributed by atoms with E-state index in [0.29, 0.717) is 41.1 Å². The van der Waals surface area contributed by atoms with Gasteiger partial charge in [0.25, 0.3) is 11.8 Å². The van der Waals surface area contributed by atoms with E-state index in [9.17, 15) is 27.6 Å². The lowest BCUT2D eigenvalue weighted by molar-refractivity contribution is -0.137. The van der Waals surface area contributed by atoms with Gasteiger partial charge >= 0.3 is 6.18 Å². The Kier molecular flexibility index (Phi) is 6.11. The van der Waals surface area contributed by atoms with Crippen molar-refractivity contribution in [2.75, 3.05) is 26.2 Å². The Morgan fingerprint density at radius 2 is 1.83 bits per heavy atom. The van der Waals surface area contributed by atoms with Crippen LogP contribution in [0.15, 0.2) is 36.5 Å². The van der Waals surface area contributed by atoms with E-state index in [1.54, 1.807) is 17.2 Å². The van der Waals surface area contributed by atoms with Crippen molar-refractivity contribution in [3.05, 3.63) is 52.7 Å². The number of hydrogen-bond acceptors (Lipinski definition) is 6. The fourth-order valence-corrected chi connectivity index (χ4v) is 6.25. The van der Waals surface area contributed by atoms with Gasteiger partial charge in [0, 0.05) is 37.1 Å². The summed E-state index contributed by atoms with van der Waals surface area (Å²) in [4.78, 5) is 40.5. The van der Waals surface area contributed by atoms with Gasteiger partial charge in [-0.15, -0.1) is 11.3 Å². The number of nitrogens with two attached hydrogens (primary N) is 1. The number of aldehydes is 1. The molecule has 36 heavy (non-hydrogen) atoms. The number of thiophene rings is 1. The predicted octanol–water partition coefficient (Wildman–Crippen LogP) is 3.54. The molecule has 2 aliphatic heterocycles. The summed E-state index contributed by atoms with van der Waals surface area (Å²) in [6.07, 6.45) is -0.333. The Labute approximate surface area is 208 Å². The molecule has 3 aromatic rings.